The summed E-state index contributed by atoms with van der Waals surface area (Å²) in [4.78, 5) is 45.2. The third-order valence-electron chi connectivity index (χ3n) is 5.96. The van der Waals surface area contributed by atoms with Crippen molar-refractivity contribution in [2.75, 3.05) is 17.1 Å². The molecule has 2 saturated heterocycles. The second kappa shape index (κ2) is 8.07. The minimum atomic E-state index is -1.08. The number of imide groups is 1. The Balaban J connectivity index is 1.54. The zero-order chi connectivity index (χ0) is 23.1. The van der Waals surface area contributed by atoms with Gasteiger partial charge in [0.25, 0.3) is 5.91 Å². The molecule has 8 heteroatoms. The summed E-state index contributed by atoms with van der Waals surface area (Å²) in [6.45, 7) is 0. The number of carbonyl (C=O) groups is 3. The Hall–Kier alpha value is -4.17. The number of para-hydroxylation sites is 1. The molecule has 33 heavy (non-hydrogen) atoms. The van der Waals surface area contributed by atoms with E-state index < -0.39 is 35.8 Å². The van der Waals surface area contributed by atoms with Gasteiger partial charge in [-0.25, -0.2) is 14.8 Å². The molecule has 5 rings (SSSR count). The van der Waals surface area contributed by atoms with Gasteiger partial charge in [-0.05, 0) is 54.1 Å². The highest BCUT2D eigenvalue weighted by Gasteiger charge is 2.60. The minimum absolute atomic E-state index is 0.0700. The number of fused-ring (bicyclic) bond motifs is 1. The maximum Gasteiger partial charge on any atom is 0.335 e. The number of amides is 2. The van der Waals surface area contributed by atoms with Gasteiger partial charge in [-0.1, -0.05) is 30.3 Å². The van der Waals surface area contributed by atoms with E-state index in [2.05, 4.69) is 0 Å². The second-order valence-corrected chi connectivity index (χ2v) is 7.80. The molecular weight excluding hydrogens is 424 g/mol. The number of methoxy groups -OCH3 is 1. The van der Waals surface area contributed by atoms with E-state index in [0.717, 1.165) is 16.2 Å². The molecule has 0 aromatic heterocycles. The zero-order valence-corrected chi connectivity index (χ0v) is 17.6. The number of ether oxygens (including phenoxy) is 1. The van der Waals surface area contributed by atoms with Crippen molar-refractivity contribution in [2.24, 2.45) is 5.92 Å². The van der Waals surface area contributed by atoms with E-state index in [9.17, 15) is 14.4 Å². The number of hydroxylamine groups is 1. The molecule has 2 amide bonds. The number of anilines is 2. The van der Waals surface area contributed by atoms with E-state index in [1.54, 1.807) is 24.3 Å². The molecule has 0 unspecified atom stereocenters. The molecular formula is C25H20N2O6. The van der Waals surface area contributed by atoms with E-state index in [-0.39, 0.29) is 5.56 Å². The number of carboxylic acids is 1. The number of aromatic carboxylic acids is 1. The molecule has 2 aliphatic rings. The Morgan fingerprint density at radius 3 is 2.15 bits per heavy atom. The van der Waals surface area contributed by atoms with Crippen LogP contribution in [0.5, 0.6) is 5.75 Å². The fourth-order valence-corrected chi connectivity index (χ4v) is 4.36. The van der Waals surface area contributed by atoms with Crippen LogP contribution in [0.25, 0.3) is 0 Å². The summed E-state index contributed by atoms with van der Waals surface area (Å²) < 4.78 is 5.25. The molecule has 8 nitrogen and oxygen atoms in total. The van der Waals surface area contributed by atoms with Crippen LogP contribution in [-0.2, 0) is 14.4 Å². The molecule has 2 heterocycles. The summed E-state index contributed by atoms with van der Waals surface area (Å²) in [7, 11) is 1.58. The Morgan fingerprint density at radius 2 is 1.55 bits per heavy atom. The number of benzene rings is 3. The molecule has 3 aromatic rings. The predicted octanol–water partition coefficient (Wildman–Crippen LogP) is 3.44. The van der Waals surface area contributed by atoms with Crippen molar-refractivity contribution in [3.05, 3.63) is 90.0 Å². The SMILES string of the molecule is COc1ccc([C@H]2[C@@H]3C(=O)N(c4ccc(C(=O)O)cc4)C(=O)[C@@H]3ON2c2ccccc2)cc1. The second-order valence-electron chi connectivity index (χ2n) is 7.80. The summed E-state index contributed by atoms with van der Waals surface area (Å²) in [5, 5.41) is 10.8. The van der Waals surface area contributed by atoms with Crippen LogP contribution < -0.4 is 14.7 Å². The standard InChI is InChI=1S/C25H20N2O6/c1-32-19-13-9-15(10-14-19)21-20-22(33-27(21)18-5-3-2-4-6-18)24(29)26(23(20)28)17-11-7-16(8-12-17)25(30)31/h2-14,20-22H,1H3,(H,30,31)/t20-,21-,22+/m0/s1. The molecule has 3 atom stereocenters. The third kappa shape index (κ3) is 3.41. The maximum absolute atomic E-state index is 13.6. The van der Waals surface area contributed by atoms with Crippen molar-refractivity contribution in [1.82, 2.24) is 0 Å². The van der Waals surface area contributed by atoms with Gasteiger partial charge < -0.3 is 9.84 Å². The Morgan fingerprint density at radius 1 is 0.879 bits per heavy atom. The van der Waals surface area contributed by atoms with Crippen molar-refractivity contribution in [3.8, 4) is 5.75 Å². The quantitative estimate of drug-likeness (QED) is 0.602. The molecule has 0 saturated carbocycles. The monoisotopic (exact) mass is 444 g/mol. The first kappa shape index (κ1) is 20.7. The first-order valence-corrected chi connectivity index (χ1v) is 10.4. The maximum atomic E-state index is 13.6. The van der Waals surface area contributed by atoms with Crippen LogP contribution in [0.3, 0.4) is 0 Å². The summed E-state index contributed by atoms with van der Waals surface area (Å²) in [5.74, 6) is -2.06. The van der Waals surface area contributed by atoms with Crippen LogP contribution in [0.4, 0.5) is 11.4 Å². The van der Waals surface area contributed by atoms with Crippen molar-refractivity contribution in [2.45, 2.75) is 12.1 Å². The Bertz CT molecular complexity index is 1210. The van der Waals surface area contributed by atoms with Crippen LogP contribution in [0.2, 0.25) is 0 Å². The summed E-state index contributed by atoms with van der Waals surface area (Å²) in [6, 6.07) is 21.7. The van der Waals surface area contributed by atoms with Gasteiger partial charge in [0.1, 0.15) is 11.7 Å². The van der Waals surface area contributed by atoms with Crippen molar-refractivity contribution in [1.29, 1.82) is 0 Å². The lowest BCUT2D eigenvalue weighted by Crippen LogP contribution is -2.37. The van der Waals surface area contributed by atoms with Gasteiger partial charge in [-0.2, -0.15) is 0 Å². The van der Waals surface area contributed by atoms with Gasteiger partial charge in [0.15, 0.2) is 6.10 Å². The van der Waals surface area contributed by atoms with Gasteiger partial charge in [0.05, 0.1) is 30.1 Å². The average Bonchev–Trinajstić information content (AvgIpc) is 3.35. The van der Waals surface area contributed by atoms with Gasteiger partial charge in [-0.3, -0.25) is 14.4 Å². The van der Waals surface area contributed by atoms with E-state index in [4.69, 9.17) is 14.7 Å². The van der Waals surface area contributed by atoms with E-state index in [1.807, 2.05) is 42.5 Å². The first-order chi connectivity index (χ1) is 16.0. The largest absolute Gasteiger partial charge is 0.497 e. The number of hydrogen-bond acceptors (Lipinski definition) is 6. The Labute approximate surface area is 189 Å². The van der Waals surface area contributed by atoms with Crippen molar-refractivity contribution < 1.29 is 29.1 Å². The minimum Gasteiger partial charge on any atom is -0.497 e. The predicted molar refractivity (Wildman–Crippen MR) is 119 cm³/mol. The molecule has 2 aliphatic heterocycles. The Kier molecular flexibility index (Phi) is 5.07. The molecule has 0 spiro atoms. The average molecular weight is 444 g/mol. The third-order valence-corrected chi connectivity index (χ3v) is 5.96. The smallest absolute Gasteiger partial charge is 0.335 e. The highest BCUT2D eigenvalue weighted by Crippen LogP contribution is 2.47. The lowest BCUT2D eigenvalue weighted by Gasteiger charge is -2.28. The van der Waals surface area contributed by atoms with E-state index in [1.165, 1.54) is 24.3 Å². The molecule has 2 fully saturated rings. The van der Waals surface area contributed by atoms with Gasteiger partial charge in [0.2, 0.25) is 5.91 Å². The van der Waals surface area contributed by atoms with Crippen LogP contribution in [0.15, 0.2) is 78.9 Å². The summed E-state index contributed by atoms with van der Waals surface area (Å²) >= 11 is 0. The fourth-order valence-electron chi connectivity index (χ4n) is 4.36. The fraction of sp³-hybridized carbons (Fsp3) is 0.160. The summed E-state index contributed by atoms with van der Waals surface area (Å²) in [5.41, 5.74) is 1.91. The van der Waals surface area contributed by atoms with E-state index >= 15 is 0 Å². The molecule has 0 radical (unpaired) electrons. The normalized spacial score (nSPS) is 21.9. The molecule has 0 aliphatic carbocycles. The van der Waals surface area contributed by atoms with Crippen LogP contribution >= 0.6 is 0 Å². The molecule has 0 bridgehead atoms. The molecule has 166 valence electrons. The molecule has 1 N–H and O–H groups in total. The first-order valence-electron chi connectivity index (χ1n) is 10.4. The van der Waals surface area contributed by atoms with Gasteiger partial charge in [0, 0.05) is 0 Å². The lowest BCUT2D eigenvalue weighted by atomic mass is 9.90. The number of carbonyl (C=O) groups excluding carboxylic acids is 2. The van der Waals surface area contributed by atoms with Crippen molar-refractivity contribution in [3.63, 3.8) is 0 Å². The number of rotatable bonds is 5. The van der Waals surface area contributed by atoms with Crippen molar-refractivity contribution >= 4 is 29.2 Å². The van der Waals surface area contributed by atoms with Crippen LogP contribution in [0, 0.1) is 5.92 Å². The number of hydrogen-bond donors (Lipinski definition) is 1. The van der Waals surface area contributed by atoms with Gasteiger partial charge in [-0.15, -0.1) is 0 Å². The van der Waals surface area contributed by atoms with Crippen LogP contribution in [-0.4, -0.2) is 36.1 Å². The highest BCUT2D eigenvalue weighted by atomic mass is 16.7. The zero-order valence-electron chi connectivity index (χ0n) is 17.6. The van der Waals surface area contributed by atoms with E-state index in [0.29, 0.717) is 11.4 Å². The lowest BCUT2D eigenvalue weighted by molar-refractivity contribution is -0.126. The summed E-state index contributed by atoms with van der Waals surface area (Å²) in [6.07, 6.45) is -0.996. The molecule has 3 aromatic carbocycles. The van der Waals surface area contributed by atoms with Gasteiger partial charge >= 0.3 is 5.97 Å². The topological polar surface area (TPSA) is 96.4 Å². The number of nitrogens with zero attached hydrogens (tertiary/aromatic N) is 2. The van der Waals surface area contributed by atoms with Crippen LogP contribution in [0.1, 0.15) is 22.0 Å². The highest BCUT2D eigenvalue weighted by molar-refractivity contribution is 6.24. The number of carboxylic acid groups (broad SMARTS) is 1.